The average molecular weight is 473 g/mol. The van der Waals surface area contributed by atoms with Crippen molar-refractivity contribution in [2.45, 2.75) is 112 Å². The van der Waals surface area contributed by atoms with Gasteiger partial charge in [0.1, 0.15) is 0 Å². The predicted octanol–water partition coefficient (Wildman–Crippen LogP) is 6.06. The molecule has 4 nitrogen and oxygen atoms in total. The minimum atomic E-state index is -0.669. The van der Waals surface area contributed by atoms with Gasteiger partial charge in [0.05, 0.1) is 17.6 Å². The highest BCUT2D eigenvalue weighted by molar-refractivity contribution is 5.76. The van der Waals surface area contributed by atoms with Gasteiger partial charge in [0.25, 0.3) is 0 Å². The number of carbonyl (C=O) groups is 1. The Bertz CT molecular complexity index is 894. The largest absolute Gasteiger partial charge is 0.481 e. The maximum absolute atomic E-state index is 12.8. The van der Waals surface area contributed by atoms with E-state index < -0.39 is 23.6 Å². The summed E-state index contributed by atoms with van der Waals surface area (Å²) in [5, 5.41) is 32.4. The van der Waals surface area contributed by atoms with Crippen molar-refractivity contribution in [1.82, 2.24) is 0 Å². The third-order valence-electron chi connectivity index (χ3n) is 13.4. The molecule has 0 aromatic rings. The number of aliphatic carboxylic acids is 1. The Balaban J connectivity index is 1.57. The van der Waals surface area contributed by atoms with Crippen molar-refractivity contribution in [3.05, 3.63) is 12.2 Å². The SMILES string of the molecule is C=C(C)[C@@H]1CC[C@]2(C(=O)O)CC[C@]3(C)[C@H](CC[C@@H]4[C@@]5(C)C[C@@H](O)[C@@H](O)C(C)(C)[C@@H]5CC[C@]43C)[C@@H]12. The Morgan fingerprint density at radius 1 is 0.853 bits per heavy atom. The Kier molecular flexibility index (Phi) is 5.36. The van der Waals surface area contributed by atoms with Gasteiger partial charge in [-0.2, -0.15) is 0 Å². The van der Waals surface area contributed by atoms with Crippen LogP contribution in [0.2, 0.25) is 0 Å². The van der Waals surface area contributed by atoms with Crippen molar-refractivity contribution < 1.29 is 20.1 Å². The van der Waals surface area contributed by atoms with Crippen molar-refractivity contribution in [2.24, 2.45) is 56.7 Å². The molecular weight excluding hydrogens is 424 g/mol. The van der Waals surface area contributed by atoms with Crippen LogP contribution in [0, 0.1) is 56.7 Å². The summed E-state index contributed by atoms with van der Waals surface area (Å²) >= 11 is 0. The van der Waals surface area contributed by atoms with Crippen LogP contribution in [-0.4, -0.2) is 33.5 Å². The molecule has 0 bridgehead atoms. The fraction of sp³-hybridized carbons (Fsp3) is 0.900. The lowest BCUT2D eigenvalue weighted by molar-refractivity contribution is -0.263. The summed E-state index contributed by atoms with van der Waals surface area (Å²) in [7, 11) is 0. The summed E-state index contributed by atoms with van der Waals surface area (Å²) < 4.78 is 0. The smallest absolute Gasteiger partial charge is 0.309 e. The fourth-order valence-corrected chi connectivity index (χ4v) is 11.7. The molecule has 0 aromatic carbocycles. The molecule has 5 fully saturated rings. The molecule has 192 valence electrons. The van der Waals surface area contributed by atoms with E-state index in [0.717, 1.165) is 51.4 Å². The molecule has 5 saturated carbocycles. The Hall–Kier alpha value is -0.870. The molecule has 0 aromatic heterocycles. The zero-order valence-corrected chi connectivity index (χ0v) is 22.4. The van der Waals surface area contributed by atoms with E-state index in [1.807, 2.05) is 0 Å². The Morgan fingerprint density at radius 3 is 2.15 bits per heavy atom. The van der Waals surface area contributed by atoms with Gasteiger partial charge in [0.15, 0.2) is 0 Å². The third-order valence-corrected chi connectivity index (χ3v) is 13.4. The fourth-order valence-electron chi connectivity index (χ4n) is 11.7. The Morgan fingerprint density at radius 2 is 1.53 bits per heavy atom. The number of rotatable bonds is 2. The first-order chi connectivity index (χ1) is 15.7. The summed E-state index contributed by atoms with van der Waals surface area (Å²) in [6.45, 7) is 18.2. The third kappa shape index (κ3) is 2.76. The van der Waals surface area contributed by atoms with Gasteiger partial charge in [-0.1, -0.05) is 46.8 Å². The van der Waals surface area contributed by atoms with Crippen LogP contribution in [0.1, 0.15) is 99.3 Å². The summed E-state index contributed by atoms with van der Waals surface area (Å²) in [6.07, 6.45) is 7.32. The lowest BCUT2D eigenvalue weighted by Gasteiger charge is -2.73. The number of hydrogen-bond donors (Lipinski definition) is 3. The van der Waals surface area contributed by atoms with E-state index in [2.05, 4.69) is 48.1 Å². The molecule has 0 amide bonds. The second-order valence-corrected chi connectivity index (χ2v) is 14.7. The van der Waals surface area contributed by atoms with Crippen molar-refractivity contribution in [3.63, 3.8) is 0 Å². The van der Waals surface area contributed by atoms with E-state index >= 15 is 0 Å². The number of hydrogen-bond acceptors (Lipinski definition) is 3. The number of allylic oxidation sites excluding steroid dienone is 1. The van der Waals surface area contributed by atoms with Gasteiger partial charge in [0.2, 0.25) is 0 Å². The van der Waals surface area contributed by atoms with Crippen LogP contribution in [0.5, 0.6) is 0 Å². The van der Waals surface area contributed by atoms with Gasteiger partial charge in [-0.15, -0.1) is 0 Å². The van der Waals surface area contributed by atoms with Gasteiger partial charge in [-0.05, 0) is 116 Å². The predicted molar refractivity (Wildman–Crippen MR) is 134 cm³/mol. The first-order valence-corrected chi connectivity index (χ1v) is 13.9. The van der Waals surface area contributed by atoms with Crippen molar-refractivity contribution >= 4 is 5.97 Å². The first-order valence-electron chi connectivity index (χ1n) is 13.9. The molecule has 0 spiro atoms. The number of aliphatic hydroxyl groups is 2. The van der Waals surface area contributed by atoms with Crippen LogP contribution in [0.3, 0.4) is 0 Å². The van der Waals surface area contributed by atoms with Gasteiger partial charge >= 0.3 is 5.97 Å². The topological polar surface area (TPSA) is 77.8 Å². The molecule has 0 saturated heterocycles. The number of fused-ring (bicyclic) bond motifs is 7. The molecule has 11 atom stereocenters. The monoisotopic (exact) mass is 472 g/mol. The van der Waals surface area contributed by atoms with Crippen LogP contribution in [0.25, 0.3) is 0 Å². The second-order valence-electron chi connectivity index (χ2n) is 14.7. The van der Waals surface area contributed by atoms with Crippen LogP contribution < -0.4 is 0 Å². The lowest BCUT2D eigenvalue weighted by Crippen LogP contribution is -2.68. The maximum Gasteiger partial charge on any atom is 0.309 e. The first kappa shape index (κ1) is 24.8. The van der Waals surface area contributed by atoms with Gasteiger partial charge in [0, 0.05) is 0 Å². The molecule has 5 aliphatic carbocycles. The summed E-state index contributed by atoms with van der Waals surface area (Å²) in [5.74, 6) is 1.24. The zero-order valence-electron chi connectivity index (χ0n) is 22.4. The molecule has 0 aliphatic heterocycles. The molecule has 0 unspecified atom stereocenters. The summed E-state index contributed by atoms with van der Waals surface area (Å²) in [4.78, 5) is 12.8. The minimum Gasteiger partial charge on any atom is -0.481 e. The summed E-state index contributed by atoms with van der Waals surface area (Å²) in [5.41, 5.74) is 0.501. The number of aliphatic hydroxyl groups excluding tert-OH is 2. The van der Waals surface area contributed by atoms with E-state index in [9.17, 15) is 20.1 Å². The molecule has 4 heteroatoms. The number of carboxylic acid groups (broad SMARTS) is 1. The zero-order chi connectivity index (χ0) is 25.1. The van der Waals surface area contributed by atoms with Crippen LogP contribution >= 0.6 is 0 Å². The van der Waals surface area contributed by atoms with Gasteiger partial charge < -0.3 is 15.3 Å². The minimum absolute atomic E-state index is 0.00606. The van der Waals surface area contributed by atoms with E-state index in [0.29, 0.717) is 30.1 Å². The summed E-state index contributed by atoms with van der Waals surface area (Å²) in [6, 6.07) is 0. The Labute approximate surface area is 206 Å². The van der Waals surface area contributed by atoms with Crippen LogP contribution in [-0.2, 0) is 4.79 Å². The van der Waals surface area contributed by atoms with Crippen LogP contribution in [0.4, 0.5) is 0 Å². The lowest BCUT2D eigenvalue weighted by atomic mass is 9.32. The van der Waals surface area contributed by atoms with E-state index in [-0.39, 0.29) is 27.6 Å². The number of carboxylic acids is 1. The highest BCUT2D eigenvalue weighted by atomic mass is 16.4. The quantitative estimate of drug-likeness (QED) is 0.427. The van der Waals surface area contributed by atoms with E-state index in [1.54, 1.807) is 0 Å². The van der Waals surface area contributed by atoms with Crippen LogP contribution in [0.15, 0.2) is 12.2 Å². The van der Waals surface area contributed by atoms with Gasteiger partial charge in [-0.3, -0.25) is 4.79 Å². The van der Waals surface area contributed by atoms with Gasteiger partial charge in [-0.25, -0.2) is 0 Å². The average Bonchev–Trinajstić information content (AvgIpc) is 3.14. The van der Waals surface area contributed by atoms with Crippen molar-refractivity contribution in [1.29, 1.82) is 0 Å². The standard InChI is InChI=1S/C30H48O4/c1-17(2)18-10-13-30(25(33)34)15-14-28(6)19(23(18)30)8-9-22-27(5)16-20(31)24(32)26(3,4)21(27)11-12-29(22,28)7/h18-24,31-32H,1,8-16H2,2-7H3,(H,33,34)/t18-,19+,20+,21-,22+,23+,24+,27-,28+,29+,30-/m0/s1. The molecular formula is C30H48O4. The second kappa shape index (κ2) is 7.34. The van der Waals surface area contributed by atoms with Crippen molar-refractivity contribution in [2.75, 3.05) is 0 Å². The normalized spacial score (nSPS) is 55.9. The molecule has 0 heterocycles. The van der Waals surface area contributed by atoms with E-state index in [1.165, 1.54) is 5.57 Å². The van der Waals surface area contributed by atoms with Crippen molar-refractivity contribution in [3.8, 4) is 0 Å². The maximum atomic E-state index is 12.8. The molecule has 34 heavy (non-hydrogen) atoms. The molecule has 0 radical (unpaired) electrons. The molecule has 5 aliphatic rings. The molecule has 5 rings (SSSR count). The highest BCUT2D eigenvalue weighted by Crippen LogP contribution is 2.77. The highest BCUT2D eigenvalue weighted by Gasteiger charge is 2.72. The van der Waals surface area contributed by atoms with E-state index in [4.69, 9.17) is 0 Å². The molecule has 3 N–H and O–H groups in total.